The number of nitrogens with zero attached hydrogens (tertiary/aromatic N) is 2. The molecule has 0 spiro atoms. The summed E-state index contributed by atoms with van der Waals surface area (Å²) in [4.78, 5) is 19.7. The van der Waals surface area contributed by atoms with E-state index in [-0.39, 0.29) is 11.6 Å². The third kappa shape index (κ3) is 4.13. The fourth-order valence-electron chi connectivity index (χ4n) is 5.15. The Balaban J connectivity index is 1.53. The highest BCUT2D eigenvalue weighted by Crippen LogP contribution is 2.41. The highest BCUT2D eigenvalue weighted by molar-refractivity contribution is 7.07. The predicted octanol–water partition coefficient (Wildman–Crippen LogP) is 4.89. The second kappa shape index (κ2) is 9.71. The number of allylic oxidation sites excluding steroid dienone is 1. The van der Waals surface area contributed by atoms with Crippen LogP contribution in [0.5, 0.6) is 11.5 Å². The van der Waals surface area contributed by atoms with Crippen LogP contribution in [0.4, 0.5) is 0 Å². The first kappa shape index (κ1) is 23.3. The van der Waals surface area contributed by atoms with Crippen molar-refractivity contribution >= 4 is 23.1 Å². The maximum Gasteiger partial charge on any atom is 0.271 e. The molecule has 1 aliphatic heterocycles. The normalized spacial score (nSPS) is 16.4. The van der Waals surface area contributed by atoms with Gasteiger partial charge in [-0.25, -0.2) is 4.99 Å². The van der Waals surface area contributed by atoms with E-state index in [4.69, 9.17) is 14.5 Å². The van der Waals surface area contributed by atoms with E-state index in [0.29, 0.717) is 22.6 Å². The van der Waals surface area contributed by atoms with Gasteiger partial charge in [0.05, 0.1) is 23.4 Å². The van der Waals surface area contributed by atoms with Crippen LogP contribution in [0.3, 0.4) is 0 Å². The van der Waals surface area contributed by atoms with Crippen molar-refractivity contribution in [3.63, 3.8) is 0 Å². The Labute approximate surface area is 219 Å². The topological polar surface area (TPSA) is 52.8 Å². The molecule has 1 aromatic heterocycles. The third-order valence-corrected chi connectivity index (χ3v) is 7.81. The number of aryl methyl sites for hydroxylation is 1. The van der Waals surface area contributed by atoms with Gasteiger partial charge in [-0.3, -0.25) is 9.36 Å². The number of thiazole rings is 1. The van der Waals surface area contributed by atoms with Gasteiger partial charge in [-0.15, -0.1) is 0 Å². The molecule has 6 heteroatoms. The smallest absolute Gasteiger partial charge is 0.271 e. The summed E-state index contributed by atoms with van der Waals surface area (Å²) in [6.07, 6.45) is 5.42. The van der Waals surface area contributed by atoms with Crippen molar-refractivity contribution in [2.75, 3.05) is 13.7 Å². The maximum atomic E-state index is 13.9. The highest BCUT2D eigenvalue weighted by atomic mass is 32.1. The fourth-order valence-corrected chi connectivity index (χ4v) is 6.15. The van der Waals surface area contributed by atoms with Crippen LogP contribution in [0.15, 0.2) is 101 Å². The van der Waals surface area contributed by atoms with E-state index in [0.717, 1.165) is 34.5 Å². The van der Waals surface area contributed by atoms with Crippen molar-refractivity contribution in [2.45, 2.75) is 18.9 Å². The Morgan fingerprint density at radius 2 is 1.86 bits per heavy atom. The number of hydrogen-bond donors (Lipinski definition) is 0. The lowest BCUT2D eigenvalue weighted by atomic mass is 9.83. The zero-order chi connectivity index (χ0) is 25.4. The van der Waals surface area contributed by atoms with E-state index in [1.165, 1.54) is 28.0 Å². The molecule has 0 bridgehead atoms. The molecule has 0 N–H and O–H groups in total. The molecule has 1 atom stereocenters. The Hall–Kier alpha value is -4.16. The first-order valence-corrected chi connectivity index (χ1v) is 13.1. The summed E-state index contributed by atoms with van der Waals surface area (Å²) in [6, 6.07) is 24.2. The Morgan fingerprint density at radius 3 is 2.68 bits per heavy atom. The summed E-state index contributed by atoms with van der Waals surface area (Å²) in [5.41, 5.74) is 6.61. The number of hydrogen-bond acceptors (Lipinski definition) is 5. The van der Waals surface area contributed by atoms with E-state index < -0.39 is 0 Å². The van der Waals surface area contributed by atoms with E-state index in [1.807, 2.05) is 47.0 Å². The molecule has 0 saturated carbocycles. The number of rotatable bonds is 6. The van der Waals surface area contributed by atoms with Crippen LogP contribution in [0.2, 0.25) is 0 Å². The minimum absolute atomic E-state index is 0.0334. The molecule has 5 nitrogen and oxygen atoms in total. The van der Waals surface area contributed by atoms with Gasteiger partial charge in [0, 0.05) is 5.56 Å². The van der Waals surface area contributed by atoms with Gasteiger partial charge < -0.3 is 9.47 Å². The van der Waals surface area contributed by atoms with Crippen LogP contribution in [0.25, 0.3) is 11.8 Å². The molecule has 3 aromatic carbocycles. The third-order valence-electron chi connectivity index (χ3n) is 6.83. The molecule has 4 aromatic rings. The molecule has 0 radical (unpaired) electrons. The van der Waals surface area contributed by atoms with Gasteiger partial charge in [0.15, 0.2) is 16.3 Å². The van der Waals surface area contributed by atoms with Crippen LogP contribution in [0.1, 0.15) is 34.7 Å². The fraction of sp³-hybridized carbons (Fsp3) is 0.161. The van der Waals surface area contributed by atoms with Crippen molar-refractivity contribution in [3.05, 3.63) is 133 Å². The molecule has 2 heterocycles. The van der Waals surface area contributed by atoms with Crippen LogP contribution >= 0.6 is 11.3 Å². The number of methoxy groups -OCH3 is 1. The molecule has 184 valence electrons. The second-order valence-electron chi connectivity index (χ2n) is 9.03. The Morgan fingerprint density at radius 1 is 1.05 bits per heavy atom. The monoisotopic (exact) mass is 506 g/mol. The Bertz CT molecular complexity index is 1710. The van der Waals surface area contributed by atoms with Crippen molar-refractivity contribution in [2.24, 2.45) is 4.99 Å². The molecule has 0 amide bonds. The first-order chi connectivity index (χ1) is 18.2. The number of benzene rings is 3. The van der Waals surface area contributed by atoms with Gasteiger partial charge in [0.2, 0.25) is 0 Å². The summed E-state index contributed by atoms with van der Waals surface area (Å²) in [6.45, 7) is 4.08. The molecule has 1 aliphatic carbocycles. The van der Waals surface area contributed by atoms with E-state index >= 15 is 0 Å². The van der Waals surface area contributed by atoms with Crippen molar-refractivity contribution in [3.8, 4) is 11.5 Å². The number of fused-ring (bicyclic) bond motifs is 3. The number of ether oxygens (including phenoxy) is 2. The average molecular weight is 507 g/mol. The maximum absolute atomic E-state index is 13.9. The minimum atomic E-state index is -0.174. The lowest BCUT2D eigenvalue weighted by Gasteiger charge is -2.30. The Kier molecular flexibility index (Phi) is 6.10. The van der Waals surface area contributed by atoms with Crippen LogP contribution in [-0.2, 0) is 6.42 Å². The molecule has 2 aliphatic rings. The van der Waals surface area contributed by atoms with Gasteiger partial charge in [-0.1, -0.05) is 84.7 Å². The molecular formula is C31H26N2O3S. The van der Waals surface area contributed by atoms with E-state index in [1.54, 1.807) is 13.2 Å². The van der Waals surface area contributed by atoms with Gasteiger partial charge in [0.1, 0.15) is 6.61 Å². The molecular weight excluding hydrogens is 480 g/mol. The van der Waals surface area contributed by atoms with Crippen molar-refractivity contribution in [1.82, 2.24) is 4.57 Å². The summed E-state index contributed by atoms with van der Waals surface area (Å²) in [5, 5.41) is 0. The zero-order valence-electron chi connectivity index (χ0n) is 20.5. The first-order valence-electron chi connectivity index (χ1n) is 12.3. The van der Waals surface area contributed by atoms with Gasteiger partial charge in [0.25, 0.3) is 5.56 Å². The van der Waals surface area contributed by atoms with Crippen LogP contribution < -0.4 is 24.4 Å². The van der Waals surface area contributed by atoms with Gasteiger partial charge in [-0.05, 0) is 53.3 Å². The molecule has 0 unspecified atom stereocenters. The highest BCUT2D eigenvalue weighted by Gasteiger charge is 2.32. The van der Waals surface area contributed by atoms with E-state index in [9.17, 15) is 4.79 Å². The largest absolute Gasteiger partial charge is 0.493 e. The van der Waals surface area contributed by atoms with Gasteiger partial charge in [-0.2, -0.15) is 0 Å². The SMILES string of the molecule is C=CCOc1ccc(/C=c2/sc3n(c2=O)[C@H](c2ccccc2)C2=C(N=3)c3ccccc3CC2)cc1OC. The minimum Gasteiger partial charge on any atom is -0.493 e. The van der Waals surface area contributed by atoms with Crippen LogP contribution in [0, 0.1) is 0 Å². The summed E-state index contributed by atoms with van der Waals surface area (Å²) >= 11 is 1.43. The molecule has 6 rings (SSSR count). The lowest BCUT2D eigenvalue weighted by molar-refractivity contribution is 0.326. The lowest BCUT2D eigenvalue weighted by Crippen LogP contribution is -2.38. The van der Waals surface area contributed by atoms with Crippen molar-refractivity contribution < 1.29 is 9.47 Å². The van der Waals surface area contributed by atoms with Crippen molar-refractivity contribution in [1.29, 1.82) is 0 Å². The van der Waals surface area contributed by atoms with E-state index in [2.05, 4.69) is 43.0 Å². The summed E-state index contributed by atoms with van der Waals surface area (Å²) < 4.78 is 13.7. The average Bonchev–Trinajstić information content (AvgIpc) is 3.25. The molecule has 37 heavy (non-hydrogen) atoms. The molecule has 0 saturated heterocycles. The zero-order valence-corrected chi connectivity index (χ0v) is 21.3. The standard InChI is InChI=1S/C31H26N2O3S/c1-3-17-36-25-16-13-20(18-26(25)35-2)19-27-30(34)33-29(22-10-5-4-6-11-22)24-15-14-21-9-7-8-12-23(21)28(24)32-31(33)37-27/h3-13,16,18-19,29H,1,14-15,17H2,2H3/b27-19+/t29-/m1/s1. The second-order valence-corrected chi connectivity index (χ2v) is 10.0. The predicted molar refractivity (Wildman–Crippen MR) is 148 cm³/mol. The number of aromatic nitrogens is 1. The quantitative estimate of drug-likeness (QED) is 0.350. The summed E-state index contributed by atoms with van der Waals surface area (Å²) in [5.74, 6) is 1.24. The van der Waals surface area contributed by atoms with Crippen LogP contribution in [-0.4, -0.2) is 18.3 Å². The summed E-state index contributed by atoms with van der Waals surface area (Å²) in [7, 11) is 1.61. The molecule has 0 fully saturated rings. The van der Waals surface area contributed by atoms with Gasteiger partial charge >= 0.3 is 0 Å².